The Labute approximate surface area is 138 Å². The van der Waals surface area contributed by atoms with E-state index < -0.39 is 5.97 Å². The molecule has 2 aromatic heterocycles. The minimum atomic E-state index is -1.02. The van der Waals surface area contributed by atoms with Crippen molar-refractivity contribution in [1.29, 1.82) is 0 Å². The van der Waals surface area contributed by atoms with Crippen LogP contribution in [-0.4, -0.2) is 32.9 Å². The van der Waals surface area contributed by atoms with Crippen molar-refractivity contribution < 1.29 is 14.6 Å². The number of rotatable bonds is 6. The third kappa shape index (κ3) is 3.35. The Balaban J connectivity index is 1.91. The molecule has 0 saturated heterocycles. The van der Waals surface area contributed by atoms with Crippen LogP contribution in [0.1, 0.15) is 15.9 Å². The Morgan fingerprint density at radius 3 is 2.75 bits per heavy atom. The fraction of sp³-hybridized carbons (Fsp3) is 0.118. The zero-order valence-corrected chi connectivity index (χ0v) is 13.0. The second kappa shape index (κ2) is 6.82. The molecule has 0 spiro atoms. The Bertz CT molecular complexity index is 846. The lowest BCUT2D eigenvalue weighted by atomic mass is 10.2. The number of hydrogen-bond acceptors (Lipinski definition) is 5. The van der Waals surface area contributed by atoms with Crippen molar-refractivity contribution in [2.24, 2.45) is 0 Å². The Morgan fingerprint density at radius 1 is 1.25 bits per heavy atom. The number of carboxylic acids is 1. The molecular weight excluding hydrogens is 308 g/mol. The Kier molecular flexibility index (Phi) is 4.42. The summed E-state index contributed by atoms with van der Waals surface area (Å²) >= 11 is 0. The first-order valence-corrected chi connectivity index (χ1v) is 7.31. The third-order valence-corrected chi connectivity index (χ3v) is 3.37. The zero-order valence-electron chi connectivity index (χ0n) is 13.0. The fourth-order valence-corrected chi connectivity index (χ4v) is 2.15. The van der Waals surface area contributed by atoms with Crippen LogP contribution in [0.2, 0.25) is 0 Å². The second-order valence-corrected chi connectivity index (χ2v) is 5.01. The summed E-state index contributed by atoms with van der Waals surface area (Å²) in [5.74, 6) is 0.421. The quantitative estimate of drug-likeness (QED) is 0.724. The lowest BCUT2D eigenvalue weighted by molar-refractivity contribution is 0.0696. The minimum absolute atomic E-state index is 0.135. The molecule has 122 valence electrons. The molecule has 0 atom stereocenters. The number of pyridine rings is 1. The maximum Gasteiger partial charge on any atom is 0.335 e. The lowest BCUT2D eigenvalue weighted by Crippen LogP contribution is -2.07. The summed E-state index contributed by atoms with van der Waals surface area (Å²) in [5.41, 5.74) is 1.15. The van der Waals surface area contributed by atoms with E-state index in [1.807, 2.05) is 30.3 Å². The smallest absolute Gasteiger partial charge is 0.335 e. The highest BCUT2D eigenvalue weighted by Crippen LogP contribution is 2.22. The minimum Gasteiger partial charge on any atom is -0.478 e. The highest BCUT2D eigenvalue weighted by molar-refractivity contribution is 5.87. The van der Waals surface area contributed by atoms with Crippen LogP contribution < -0.4 is 10.1 Å². The predicted molar refractivity (Wildman–Crippen MR) is 88.6 cm³/mol. The molecule has 7 heteroatoms. The fourth-order valence-electron chi connectivity index (χ4n) is 2.15. The second-order valence-electron chi connectivity index (χ2n) is 5.01. The average molecular weight is 324 g/mol. The van der Waals surface area contributed by atoms with Gasteiger partial charge in [-0.3, -0.25) is 0 Å². The van der Waals surface area contributed by atoms with Crippen molar-refractivity contribution in [1.82, 2.24) is 14.8 Å². The Morgan fingerprint density at radius 2 is 2.04 bits per heavy atom. The molecule has 3 rings (SSSR count). The highest BCUT2D eigenvalue weighted by atomic mass is 16.5. The van der Waals surface area contributed by atoms with Gasteiger partial charge in [-0.25, -0.2) is 9.78 Å². The molecule has 0 saturated carbocycles. The summed E-state index contributed by atoms with van der Waals surface area (Å²) in [6.45, 7) is 0.369. The number of anilines is 1. The summed E-state index contributed by atoms with van der Waals surface area (Å²) in [4.78, 5) is 15.3. The number of carbonyl (C=O) groups is 1. The predicted octanol–water partition coefficient (Wildman–Crippen LogP) is 2.59. The number of nitrogens with one attached hydrogen (secondary N) is 1. The van der Waals surface area contributed by atoms with Crippen LogP contribution in [-0.2, 0) is 6.61 Å². The normalized spacial score (nSPS) is 10.4. The summed E-state index contributed by atoms with van der Waals surface area (Å²) in [6, 6.07) is 14.3. The van der Waals surface area contributed by atoms with E-state index in [9.17, 15) is 4.79 Å². The molecule has 0 radical (unpaired) electrons. The molecule has 0 aliphatic carbocycles. The number of aromatic nitrogens is 3. The molecule has 0 fully saturated rings. The molecule has 0 aliphatic heterocycles. The third-order valence-electron chi connectivity index (χ3n) is 3.37. The topological polar surface area (TPSA) is 89.3 Å². The van der Waals surface area contributed by atoms with Crippen molar-refractivity contribution in [2.45, 2.75) is 6.61 Å². The van der Waals surface area contributed by atoms with Crippen LogP contribution in [0.15, 0.2) is 54.7 Å². The molecular formula is C17H16N4O3. The van der Waals surface area contributed by atoms with Gasteiger partial charge >= 0.3 is 5.97 Å². The van der Waals surface area contributed by atoms with E-state index in [-0.39, 0.29) is 5.56 Å². The molecule has 3 aromatic rings. The number of aromatic carboxylic acids is 1. The van der Waals surface area contributed by atoms with Crippen LogP contribution in [0.3, 0.4) is 0 Å². The van der Waals surface area contributed by atoms with Gasteiger partial charge in [0.2, 0.25) is 5.88 Å². The first-order chi connectivity index (χ1) is 11.7. The number of hydrogen-bond donors (Lipinski definition) is 2. The standard InChI is InChI=1S/C17H16N4O3/c1-18-14-10-16(24-11-12-5-3-2-4-6-12)21(20-14)15-9-13(17(22)23)7-8-19-15/h2-10H,11H2,1H3,(H,18,20)(H,22,23). The molecule has 0 amide bonds. The Hall–Kier alpha value is -3.35. The monoisotopic (exact) mass is 324 g/mol. The van der Waals surface area contributed by atoms with Gasteiger partial charge in [0.15, 0.2) is 11.6 Å². The van der Waals surface area contributed by atoms with Crippen LogP contribution in [0.4, 0.5) is 5.82 Å². The summed E-state index contributed by atoms with van der Waals surface area (Å²) < 4.78 is 7.31. The van der Waals surface area contributed by atoms with Gasteiger partial charge in [0.25, 0.3) is 0 Å². The van der Waals surface area contributed by atoms with Crippen molar-refractivity contribution in [3.05, 3.63) is 65.9 Å². The molecule has 0 unspecified atom stereocenters. The number of carboxylic acid groups (broad SMARTS) is 1. The summed E-state index contributed by atoms with van der Waals surface area (Å²) in [5, 5.41) is 16.4. The highest BCUT2D eigenvalue weighted by Gasteiger charge is 2.13. The SMILES string of the molecule is CNc1cc(OCc2ccccc2)n(-c2cc(C(=O)O)ccn2)n1. The zero-order chi connectivity index (χ0) is 16.9. The molecule has 2 heterocycles. The van der Waals surface area contributed by atoms with E-state index in [0.29, 0.717) is 24.1 Å². The van der Waals surface area contributed by atoms with Crippen molar-refractivity contribution in [3.8, 4) is 11.7 Å². The summed E-state index contributed by atoms with van der Waals surface area (Å²) in [7, 11) is 1.74. The van der Waals surface area contributed by atoms with Gasteiger partial charge in [-0.05, 0) is 17.7 Å². The average Bonchev–Trinajstić information content (AvgIpc) is 3.04. The van der Waals surface area contributed by atoms with Gasteiger partial charge in [0.1, 0.15) is 6.61 Å². The van der Waals surface area contributed by atoms with E-state index in [1.54, 1.807) is 13.1 Å². The largest absolute Gasteiger partial charge is 0.478 e. The van der Waals surface area contributed by atoms with Crippen LogP contribution in [0.5, 0.6) is 5.88 Å². The van der Waals surface area contributed by atoms with E-state index in [1.165, 1.54) is 23.0 Å². The van der Waals surface area contributed by atoms with E-state index >= 15 is 0 Å². The maximum atomic E-state index is 11.1. The van der Waals surface area contributed by atoms with Gasteiger partial charge in [-0.15, -0.1) is 5.10 Å². The van der Waals surface area contributed by atoms with E-state index in [0.717, 1.165) is 5.56 Å². The molecule has 1 aromatic carbocycles. The lowest BCUT2D eigenvalue weighted by Gasteiger charge is -2.09. The molecule has 24 heavy (non-hydrogen) atoms. The maximum absolute atomic E-state index is 11.1. The van der Waals surface area contributed by atoms with Crippen molar-refractivity contribution >= 4 is 11.8 Å². The van der Waals surface area contributed by atoms with Gasteiger partial charge < -0.3 is 15.2 Å². The van der Waals surface area contributed by atoms with E-state index in [2.05, 4.69) is 15.4 Å². The first kappa shape index (κ1) is 15.5. The van der Waals surface area contributed by atoms with E-state index in [4.69, 9.17) is 9.84 Å². The molecule has 0 bridgehead atoms. The molecule has 2 N–H and O–H groups in total. The molecule has 7 nitrogen and oxygen atoms in total. The van der Waals surface area contributed by atoms with Gasteiger partial charge in [0.05, 0.1) is 5.56 Å². The first-order valence-electron chi connectivity index (χ1n) is 7.31. The van der Waals surface area contributed by atoms with Crippen molar-refractivity contribution in [3.63, 3.8) is 0 Å². The summed E-state index contributed by atoms with van der Waals surface area (Å²) in [6.07, 6.45) is 1.43. The van der Waals surface area contributed by atoms with Gasteiger partial charge in [-0.1, -0.05) is 30.3 Å². The van der Waals surface area contributed by atoms with Gasteiger partial charge in [-0.2, -0.15) is 4.68 Å². The molecule has 0 aliphatic rings. The van der Waals surface area contributed by atoms with Crippen molar-refractivity contribution in [2.75, 3.05) is 12.4 Å². The van der Waals surface area contributed by atoms with Crippen LogP contribution in [0.25, 0.3) is 5.82 Å². The van der Waals surface area contributed by atoms with Crippen LogP contribution in [0, 0.1) is 0 Å². The van der Waals surface area contributed by atoms with Gasteiger partial charge in [0, 0.05) is 19.3 Å². The number of nitrogens with zero attached hydrogens (tertiary/aromatic N) is 3. The number of ether oxygens (including phenoxy) is 1. The number of benzene rings is 1. The van der Waals surface area contributed by atoms with Crippen LogP contribution >= 0.6 is 0 Å².